The second-order valence-corrected chi connectivity index (χ2v) is 13.5. The molecule has 3 aromatic rings. The second-order valence-electron chi connectivity index (χ2n) is 8.39. The molecule has 0 aliphatic carbocycles. The van der Waals surface area contributed by atoms with Gasteiger partial charge in [0.2, 0.25) is 0 Å². The van der Waals surface area contributed by atoms with E-state index in [-0.39, 0.29) is 31.6 Å². The average molecular weight is 613 g/mol. The molecule has 167 valence electrons. The van der Waals surface area contributed by atoms with Crippen LogP contribution in [0.2, 0.25) is 19.6 Å². The van der Waals surface area contributed by atoms with E-state index in [9.17, 15) is 4.79 Å². The maximum atomic E-state index is 10.0. The number of aryl methyl sites for hydroxylation is 1. The molecule has 1 heterocycles. The smallest absolute Gasteiger partial charge is 0.155 e. The van der Waals surface area contributed by atoms with Gasteiger partial charge in [0.15, 0.2) is 5.78 Å². The van der Waals surface area contributed by atoms with Gasteiger partial charge < -0.3 is 9.84 Å². The predicted octanol–water partition coefficient (Wildman–Crippen LogP) is 5.60. The van der Waals surface area contributed by atoms with Gasteiger partial charge in [-0.15, -0.1) is 17.2 Å². The Hall–Kier alpha value is -2.27. The van der Waals surface area contributed by atoms with E-state index in [0.717, 1.165) is 28.1 Å². The molecular weight excluding hydrogens is 583 g/mol. The molecule has 0 bridgehead atoms. The molecule has 2 aromatic carbocycles. The number of aromatic nitrogens is 1. The van der Waals surface area contributed by atoms with Crippen LogP contribution in [-0.2, 0) is 24.9 Å². The number of pyridine rings is 1. The van der Waals surface area contributed by atoms with Crippen LogP contribution < -0.4 is 9.92 Å². The minimum Gasteiger partial charge on any atom is -0.516 e. The third-order valence-corrected chi connectivity index (χ3v) is 6.49. The van der Waals surface area contributed by atoms with Crippen LogP contribution in [0.1, 0.15) is 19.4 Å². The Kier molecular flexibility index (Phi) is 9.82. The number of benzene rings is 2. The van der Waals surface area contributed by atoms with Crippen molar-refractivity contribution in [3.63, 3.8) is 0 Å². The molecule has 4 nitrogen and oxygen atoms in total. The number of nitrogens with zero attached hydrogens (tertiary/aromatic N) is 1. The van der Waals surface area contributed by atoms with Gasteiger partial charge in [0.05, 0.1) is 26.5 Å². The van der Waals surface area contributed by atoms with E-state index >= 15 is 0 Å². The van der Waals surface area contributed by atoms with E-state index in [1.54, 1.807) is 7.11 Å². The van der Waals surface area contributed by atoms with Crippen LogP contribution in [0.5, 0.6) is 5.75 Å². The Morgan fingerprint density at radius 3 is 2.29 bits per heavy atom. The average Bonchev–Trinajstić information content (AvgIpc) is 2.65. The summed E-state index contributed by atoms with van der Waals surface area (Å²) in [6.07, 6.45) is 1.17. The summed E-state index contributed by atoms with van der Waals surface area (Å²) >= 11 is 0. The molecule has 0 atom stereocenters. The van der Waals surface area contributed by atoms with Crippen molar-refractivity contribution in [2.24, 2.45) is 0 Å². The molecule has 0 amide bonds. The van der Waals surface area contributed by atoms with Gasteiger partial charge in [-0.1, -0.05) is 68.1 Å². The molecule has 1 aromatic heterocycles. The largest absolute Gasteiger partial charge is 0.516 e. The third kappa shape index (κ3) is 8.06. The van der Waals surface area contributed by atoms with Gasteiger partial charge in [-0.05, 0) is 31.0 Å². The number of aliphatic hydroxyl groups excluding tert-OH is 1. The molecule has 0 saturated heterocycles. The molecule has 0 unspecified atom stereocenters. The number of methoxy groups -OCH3 is 1. The van der Waals surface area contributed by atoms with E-state index < -0.39 is 8.07 Å². The Morgan fingerprint density at radius 1 is 1.10 bits per heavy atom. The van der Waals surface area contributed by atoms with Gasteiger partial charge in [-0.2, -0.15) is 0 Å². The summed E-state index contributed by atoms with van der Waals surface area (Å²) in [5.74, 6) is 0.684. The maximum Gasteiger partial charge on any atom is 0.155 e. The molecular formula is C25H30IrNO3Si-. The minimum atomic E-state index is -1.30. The van der Waals surface area contributed by atoms with Crippen LogP contribution in [-0.4, -0.2) is 31.1 Å². The van der Waals surface area contributed by atoms with Gasteiger partial charge in [0.25, 0.3) is 0 Å². The van der Waals surface area contributed by atoms with Crippen molar-refractivity contribution in [3.05, 3.63) is 65.9 Å². The molecule has 6 heteroatoms. The Balaban J connectivity index is 0.000000523. The zero-order valence-electron chi connectivity index (χ0n) is 19.2. The predicted molar refractivity (Wildman–Crippen MR) is 127 cm³/mol. The van der Waals surface area contributed by atoms with Crippen molar-refractivity contribution in [2.45, 2.75) is 40.4 Å². The minimum absolute atomic E-state index is 0. The molecule has 0 fully saturated rings. The Labute approximate surface area is 199 Å². The Bertz CT molecular complexity index is 1080. The topological polar surface area (TPSA) is 59.4 Å². The molecule has 0 aliphatic heterocycles. The van der Waals surface area contributed by atoms with Crippen molar-refractivity contribution in [3.8, 4) is 17.0 Å². The van der Waals surface area contributed by atoms with Gasteiger partial charge in [0.1, 0.15) is 0 Å². The van der Waals surface area contributed by atoms with Gasteiger partial charge in [0, 0.05) is 31.9 Å². The number of allylic oxidation sites excluding steroid dienone is 2. The number of carbonyl (C=O) groups excluding carboxylic acids is 1. The summed E-state index contributed by atoms with van der Waals surface area (Å²) in [7, 11) is 0.369. The van der Waals surface area contributed by atoms with Crippen LogP contribution in [0.15, 0.2) is 54.3 Å². The van der Waals surface area contributed by atoms with Crippen LogP contribution in [0.3, 0.4) is 0 Å². The maximum absolute atomic E-state index is 10.0. The molecule has 0 aliphatic rings. The summed E-state index contributed by atoms with van der Waals surface area (Å²) < 4.78 is 5.32. The van der Waals surface area contributed by atoms with E-state index in [2.05, 4.69) is 69.0 Å². The number of ketones is 1. The van der Waals surface area contributed by atoms with Crippen molar-refractivity contribution >= 4 is 29.9 Å². The summed E-state index contributed by atoms with van der Waals surface area (Å²) in [6.45, 7) is 12.0. The summed E-state index contributed by atoms with van der Waals surface area (Å²) in [4.78, 5) is 14.8. The van der Waals surface area contributed by atoms with E-state index in [1.165, 1.54) is 30.5 Å². The first-order chi connectivity index (χ1) is 14.0. The van der Waals surface area contributed by atoms with Gasteiger partial charge >= 0.3 is 0 Å². The number of hydrogen-bond donors (Lipinski definition) is 1. The van der Waals surface area contributed by atoms with Gasteiger partial charge in [-0.25, -0.2) is 0 Å². The Morgan fingerprint density at radius 2 is 1.77 bits per heavy atom. The summed E-state index contributed by atoms with van der Waals surface area (Å²) in [6, 6.07) is 18.2. The van der Waals surface area contributed by atoms with E-state index in [0.29, 0.717) is 0 Å². The number of rotatable bonds is 4. The van der Waals surface area contributed by atoms with Crippen LogP contribution in [0.4, 0.5) is 0 Å². The van der Waals surface area contributed by atoms with E-state index in [4.69, 9.17) is 14.8 Å². The fourth-order valence-electron chi connectivity index (χ4n) is 2.97. The number of carbonyl (C=O) groups is 1. The van der Waals surface area contributed by atoms with Crippen molar-refractivity contribution < 1.29 is 34.7 Å². The van der Waals surface area contributed by atoms with Gasteiger partial charge in [-0.3, -0.25) is 9.78 Å². The molecule has 0 spiro atoms. The number of ether oxygens (including phenoxy) is 1. The van der Waals surface area contributed by atoms with Crippen LogP contribution in [0, 0.1) is 13.0 Å². The second kappa shape index (κ2) is 11.4. The normalized spacial score (nSPS) is 11.3. The quantitative estimate of drug-likeness (QED) is 0.181. The SMILES string of the molecule is CC(=O)/C=C(/C)O.COc1[c-]c(-c2ccc3cc([Si](C)(C)C)ccc3n2)cc(C)c1.[Ir]. The van der Waals surface area contributed by atoms with Crippen LogP contribution >= 0.6 is 0 Å². The first-order valence-corrected chi connectivity index (χ1v) is 13.4. The number of fused-ring (bicyclic) bond motifs is 1. The fraction of sp³-hybridized carbons (Fsp3) is 0.280. The van der Waals surface area contributed by atoms with Crippen LogP contribution in [0.25, 0.3) is 22.2 Å². The zero-order chi connectivity index (χ0) is 22.5. The zero-order valence-corrected chi connectivity index (χ0v) is 22.6. The molecule has 3 rings (SSSR count). The molecule has 31 heavy (non-hydrogen) atoms. The number of aliphatic hydroxyl groups is 1. The summed E-state index contributed by atoms with van der Waals surface area (Å²) in [5, 5.41) is 11.0. The molecule has 1 radical (unpaired) electrons. The van der Waals surface area contributed by atoms with Crippen molar-refractivity contribution in [1.29, 1.82) is 0 Å². The molecule has 1 N–H and O–H groups in total. The molecule has 0 saturated carbocycles. The first kappa shape index (κ1) is 26.8. The third-order valence-electron chi connectivity index (χ3n) is 4.45. The standard InChI is InChI=1S/C20H22NOSi.C5H8O2.Ir/c1-14-10-16(12-17(11-14)22-2)20-8-6-15-13-18(23(3,4)5)7-9-19(15)21-20;1-4(6)3-5(2)7;/h6-11,13H,1-5H3;3,6H,1-2H3;/q-1;;/b;4-3-;. The fourth-order valence-corrected chi connectivity index (χ4v) is 4.14. The number of hydrogen-bond acceptors (Lipinski definition) is 4. The summed E-state index contributed by atoms with van der Waals surface area (Å²) in [5.41, 5.74) is 4.07. The van der Waals surface area contributed by atoms with Crippen molar-refractivity contribution in [2.75, 3.05) is 7.11 Å². The van der Waals surface area contributed by atoms with Crippen molar-refractivity contribution in [1.82, 2.24) is 4.98 Å². The van der Waals surface area contributed by atoms with E-state index in [1.807, 2.05) is 6.07 Å². The monoisotopic (exact) mass is 613 g/mol. The first-order valence-electron chi connectivity index (χ1n) is 9.87.